The number of rotatable bonds is 6. The Balaban J connectivity index is 2.03. The largest absolute Gasteiger partial charge is 0.395 e. The molecule has 2 aromatic rings. The van der Waals surface area contributed by atoms with Crippen LogP contribution in [0.1, 0.15) is 11.1 Å². The van der Waals surface area contributed by atoms with E-state index in [1.54, 1.807) is 0 Å². The maximum Gasteiger partial charge on any atom is 0.243 e. The zero-order valence-electron chi connectivity index (χ0n) is 13.0. The summed E-state index contributed by atoms with van der Waals surface area (Å²) in [7, 11) is 0. The second kappa shape index (κ2) is 7.61. The summed E-state index contributed by atoms with van der Waals surface area (Å²) in [6.45, 7) is 4.69. The van der Waals surface area contributed by atoms with Crippen molar-refractivity contribution < 1.29 is 9.90 Å². The van der Waals surface area contributed by atoms with Gasteiger partial charge in [0.25, 0.3) is 0 Å². The number of nitrogens with one attached hydrogen (secondary N) is 1. The number of aryl methyl sites for hydroxylation is 2. The van der Waals surface area contributed by atoms with Gasteiger partial charge in [-0.1, -0.05) is 24.3 Å². The third-order valence-corrected chi connectivity index (χ3v) is 3.62. The van der Waals surface area contributed by atoms with Gasteiger partial charge in [-0.2, -0.15) is 0 Å². The molecular weight excluding hydrogens is 276 g/mol. The third kappa shape index (κ3) is 4.33. The van der Waals surface area contributed by atoms with Crippen molar-refractivity contribution in [2.24, 2.45) is 0 Å². The number of benzene rings is 2. The smallest absolute Gasteiger partial charge is 0.243 e. The van der Waals surface area contributed by atoms with Crippen LogP contribution in [0, 0.1) is 13.8 Å². The van der Waals surface area contributed by atoms with Crippen LogP contribution in [0.2, 0.25) is 0 Å². The Kier molecular flexibility index (Phi) is 5.55. The van der Waals surface area contributed by atoms with E-state index in [2.05, 4.69) is 5.32 Å². The lowest BCUT2D eigenvalue weighted by Crippen LogP contribution is -2.35. The number of para-hydroxylation sites is 1. The van der Waals surface area contributed by atoms with E-state index < -0.39 is 0 Å². The molecule has 2 N–H and O–H groups in total. The summed E-state index contributed by atoms with van der Waals surface area (Å²) in [6, 6.07) is 15.5. The van der Waals surface area contributed by atoms with Gasteiger partial charge in [0.1, 0.15) is 0 Å². The molecule has 4 heteroatoms. The molecule has 0 aromatic heterocycles. The normalized spacial score (nSPS) is 10.3. The molecule has 0 spiro atoms. The van der Waals surface area contributed by atoms with Crippen molar-refractivity contribution in [1.82, 2.24) is 0 Å². The predicted octanol–water partition coefficient (Wildman–Crippen LogP) is 2.74. The molecule has 0 bridgehead atoms. The summed E-state index contributed by atoms with van der Waals surface area (Å²) in [5.74, 6) is -0.0967. The molecule has 1 amide bonds. The molecule has 116 valence electrons. The highest BCUT2D eigenvalue weighted by Crippen LogP contribution is 2.15. The van der Waals surface area contributed by atoms with Crippen LogP contribution >= 0.6 is 0 Å². The van der Waals surface area contributed by atoms with E-state index in [0.29, 0.717) is 6.54 Å². The molecule has 0 saturated carbocycles. The number of carbonyl (C=O) groups excluding carboxylic acids is 1. The third-order valence-electron chi connectivity index (χ3n) is 3.62. The molecule has 4 nitrogen and oxygen atoms in total. The number of hydrogen-bond donors (Lipinski definition) is 2. The monoisotopic (exact) mass is 298 g/mol. The molecule has 0 unspecified atom stereocenters. The number of aliphatic hydroxyl groups excluding tert-OH is 1. The van der Waals surface area contributed by atoms with E-state index in [4.69, 9.17) is 0 Å². The average molecular weight is 298 g/mol. The number of amides is 1. The minimum absolute atomic E-state index is 0.00577. The van der Waals surface area contributed by atoms with E-state index in [9.17, 15) is 9.90 Å². The Morgan fingerprint density at radius 3 is 2.45 bits per heavy atom. The van der Waals surface area contributed by atoms with Gasteiger partial charge in [0.05, 0.1) is 13.2 Å². The Morgan fingerprint density at radius 2 is 1.82 bits per heavy atom. The fourth-order valence-electron chi connectivity index (χ4n) is 2.25. The van der Waals surface area contributed by atoms with Crippen molar-refractivity contribution in [3.8, 4) is 0 Å². The molecular formula is C18H22N2O2. The summed E-state index contributed by atoms with van der Waals surface area (Å²) >= 11 is 0. The van der Waals surface area contributed by atoms with E-state index >= 15 is 0 Å². The van der Waals surface area contributed by atoms with Crippen LogP contribution in [0.25, 0.3) is 0 Å². The maximum absolute atomic E-state index is 12.2. The lowest BCUT2D eigenvalue weighted by molar-refractivity contribution is -0.115. The van der Waals surface area contributed by atoms with Crippen LogP contribution in [0.4, 0.5) is 11.4 Å². The van der Waals surface area contributed by atoms with E-state index in [1.807, 2.05) is 67.3 Å². The molecule has 0 radical (unpaired) electrons. The van der Waals surface area contributed by atoms with Crippen molar-refractivity contribution >= 4 is 17.3 Å². The van der Waals surface area contributed by atoms with E-state index in [0.717, 1.165) is 16.9 Å². The summed E-state index contributed by atoms with van der Waals surface area (Å²) in [5, 5.41) is 12.1. The van der Waals surface area contributed by atoms with Gasteiger partial charge in [-0.3, -0.25) is 4.79 Å². The number of nitrogens with zero attached hydrogens (tertiary/aromatic N) is 1. The molecule has 2 rings (SSSR count). The molecule has 0 atom stereocenters. The Morgan fingerprint density at radius 1 is 1.09 bits per heavy atom. The molecule has 0 aliphatic rings. The van der Waals surface area contributed by atoms with E-state index in [1.165, 1.54) is 5.56 Å². The minimum atomic E-state index is -0.0967. The van der Waals surface area contributed by atoms with Gasteiger partial charge in [-0.15, -0.1) is 0 Å². The highest BCUT2D eigenvalue weighted by Gasteiger charge is 2.11. The van der Waals surface area contributed by atoms with E-state index in [-0.39, 0.29) is 19.1 Å². The zero-order chi connectivity index (χ0) is 15.9. The zero-order valence-corrected chi connectivity index (χ0v) is 13.0. The van der Waals surface area contributed by atoms with Gasteiger partial charge >= 0.3 is 0 Å². The molecule has 2 aromatic carbocycles. The topological polar surface area (TPSA) is 52.6 Å². The van der Waals surface area contributed by atoms with Crippen molar-refractivity contribution in [3.05, 3.63) is 59.7 Å². The van der Waals surface area contributed by atoms with Crippen LogP contribution in [-0.2, 0) is 4.79 Å². The fourth-order valence-corrected chi connectivity index (χ4v) is 2.25. The average Bonchev–Trinajstić information content (AvgIpc) is 2.51. The van der Waals surface area contributed by atoms with Crippen LogP contribution in [-0.4, -0.2) is 30.7 Å². The van der Waals surface area contributed by atoms with Gasteiger partial charge in [-0.25, -0.2) is 0 Å². The highest BCUT2D eigenvalue weighted by molar-refractivity contribution is 5.94. The van der Waals surface area contributed by atoms with Gasteiger partial charge in [-0.05, 0) is 49.2 Å². The predicted molar refractivity (Wildman–Crippen MR) is 90.3 cm³/mol. The van der Waals surface area contributed by atoms with Crippen LogP contribution in [0.5, 0.6) is 0 Å². The summed E-state index contributed by atoms with van der Waals surface area (Å²) in [5.41, 5.74) is 4.06. The number of aliphatic hydroxyl groups is 1. The fraction of sp³-hybridized carbons (Fsp3) is 0.278. The first-order valence-corrected chi connectivity index (χ1v) is 7.38. The first-order chi connectivity index (χ1) is 10.6. The summed E-state index contributed by atoms with van der Waals surface area (Å²) in [4.78, 5) is 14.1. The van der Waals surface area contributed by atoms with Crippen LogP contribution in [0.3, 0.4) is 0 Å². The van der Waals surface area contributed by atoms with Gasteiger partial charge in [0.2, 0.25) is 5.91 Å². The molecule has 0 heterocycles. The van der Waals surface area contributed by atoms with Crippen molar-refractivity contribution in [2.75, 3.05) is 29.9 Å². The second-order valence-corrected chi connectivity index (χ2v) is 5.33. The molecule has 0 aliphatic heterocycles. The van der Waals surface area contributed by atoms with Crippen molar-refractivity contribution in [1.29, 1.82) is 0 Å². The van der Waals surface area contributed by atoms with Gasteiger partial charge < -0.3 is 15.3 Å². The SMILES string of the molecule is Cc1ccc(NC(=O)CN(CCO)c2ccccc2)cc1C. The summed E-state index contributed by atoms with van der Waals surface area (Å²) < 4.78 is 0. The maximum atomic E-state index is 12.2. The molecule has 0 saturated heterocycles. The lowest BCUT2D eigenvalue weighted by Gasteiger charge is -2.23. The number of carbonyl (C=O) groups is 1. The quantitative estimate of drug-likeness (QED) is 0.862. The summed E-state index contributed by atoms with van der Waals surface area (Å²) in [6.07, 6.45) is 0. The second-order valence-electron chi connectivity index (χ2n) is 5.33. The van der Waals surface area contributed by atoms with Crippen molar-refractivity contribution in [2.45, 2.75) is 13.8 Å². The molecule has 22 heavy (non-hydrogen) atoms. The van der Waals surface area contributed by atoms with Gasteiger partial charge in [0.15, 0.2) is 0 Å². The minimum Gasteiger partial charge on any atom is -0.395 e. The highest BCUT2D eigenvalue weighted by atomic mass is 16.3. The molecule has 0 fully saturated rings. The van der Waals surface area contributed by atoms with Crippen LogP contribution in [0.15, 0.2) is 48.5 Å². The van der Waals surface area contributed by atoms with Gasteiger partial charge in [0, 0.05) is 17.9 Å². The number of hydrogen-bond acceptors (Lipinski definition) is 3. The Hall–Kier alpha value is -2.33. The Bertz CT molecular complexity index is 626. The first-order valence-electron chi connectivity index (χ1n) is 7.38. The first kappa shape index (κ1) is 16.0. The molecule has 0 aliphatic carbocycles. The van der Waals surface area contributed by atoms with Crippen LogP contribution < -0.4 is 10.2 Å². The Labute approximate surface area is 131 Å². The standard InChI is InChI=1S/C18H22N2O2/c1-14-8-9-16(12-15(14)2)19-18(22)13-20(10-11-21)17-6-4-3-5-7-17/h3-9,12,21H,10-11,13H2,1-2H3,(H,19,22). The van der Waals surface area contributed by atoms with Crippen molar-refractivity contribution in [3.63, 3.8) is 0 Å². The number of anilines is 2. The lowest BCUT2D eigenvalue weighted by atomic mass is 10.1.